The molecule has 4 atom stereocenters. The molecule has 0 saturated carbocycles. The minimum absolute atomic E-state index is 0.0301. The molecule has 6 nitrogen and oxygen atoms in total. The Bertz CT molecular complexity index is 913. The molecule has 2 bridgehead atoms. The molecule has 2 aromatic rings. The second-order valence-corrected chi connectivity index (χ2v) is 8.77. The molecule has 0 radical (unpaired) electrons. The summed E-state index contributed by atoms with van der Waals surface area (Å²) in [4.78, 5) is 27.6. The standard InChI is InChI=1S/C20H23N3O3S/c21-6-7-23-11-20-5-3-14(26-20)16(17(20)19(23)25)18(24)22-10-12-1-2-15-13(9-12)4-8-27-15/h1-2,4,8-9,14,16-17H,3,5-7,10-11,21H2,(H,22,24)/t14-,16-,17+,20-/m0/s1. The minimum Gasteiger partial charge on any atom is -0.368 e. The number of likely N-dealkylation sites (tertiary alicyclic amines) is 1. The van der Waals surface area contributed by atoms with Crippen molar-refractivity contribution in [2.75, 3.05) is 19.6 Å². The number of hydrogen-bond donors (Lipinski definition) is 2. The Morgan fingerprint density at radius 3 is 3.15 bits per heavy atom. The molecule has 3 fully saturated rings. The fourth-order valence-corrected chi connectivity index (χ4v) is 5.89. The highest BCUT2D eigenvalue weighted by atomic mass is 32.1. The monoisotopic (exact) mass is 385 g/mol. The number of nitrogens with two attached hydrogens (primary N) is 1. The Kier molecular flexibility index (Phi) is 4.00. The van der Waals surface area contributed by atoms with Crippen molar-refractivity contribution < 1.29 is 14.3 Å². The summed E-state index contributed by atoms with van der Waals surface area (Å²) in [6, 6.07) is 8.32. The van der Waals surface area contributed by atoms with Crippen LogP contribution in [0.4, 0.5) is 0 Å². The summed E-state index contributed by atoms with van der Waals surface area (Å²) in [6.45, 7) is 2.00. The number of carbonyl (C=O) groups is 2. The van der Waals surface area contributed by atoms with Gasteiger partial charge in [-0.05, 0) is 47.4 Å². The van der Waals surface area contributed by atoms with E-state index in [0.717, 1.165) is 18.4 Å². The molecule has 0 aliphatic carbocycles. The molecule has 1 aromatic heterocycles. The first-order valence-corrected chi connectivity index (χ1v) is 10.4. The van der Waals surface area contributed by atoms with E-state index in [1.165, 1.54) is 10.1 Å². The molecule has 3 aliphatic rings. The van der Waals surface area contributed by atoms with Gasteiger partial charge in [0.25, 0.3) is 0 Å². The van der Waals surface area contributed by atoms with Crippen LogP contribution in [0.25, 0.3) is 10.1 Å². The van der Waals surface area contributed by atoms with Crippen LogP contribution < -0.4 is 11.1 Å². The van der Waals surface area contributed by atoms with Crippen molar-refractivity contribution in [3.63, 3.8) is 0 Å². The second-order valence-electron chi connectivity index (χ2n) is 7.82. The molecule has 4 heterocycles. The number of nitrogens with one attached hydrogen (secondary N) is 1. The number of fused-ring (bicyclic) bond motifs is 2. The van der Waals surface area contributed by atoms with Gasteiger partial charge in [0.05, 0.1) is 30.1 Å². The smallest absolute Gasteiger partial charge is 0.229 e. The summed E-state index contributed by atoms with van der Waals surface area (Å²) in [5, 5.41) is 6.31. The van der Waals surface area contributed by atoms with E-state index in [1.54, 1.807) is 16.2 Å². The zero-order valence-corrected chi connectivity index (χ0v) is 15.8. The number of ether oxygens (including phenoxy) is 1. The van der Waals surface area contributed by atoms with Gasteiger partial charge in [0.2, 0.25) is 11.8 Å². The van der Waals surface area contributed by atoms with E-state index in [-0.39, 0.29) is 29.8 Å². The van der Waals surface area contributed by atoms with Crippen LogP contribution in [0.3, 0.4) is 0 Å². The molecule has 3 aliphatic heterocycles. The lowest BCUT2D eigenvalue weighted by Gasteiger charge is -2.27. The molecule has 5 rings (SSSR count). The summed E-state index contributed by atoms with van der Waals surface area (Å²) < 4.78 is 7.44. The number of carbonyl (C=O) groups excluding carboxylic acids is 2. The lowest BCUT2D eigenvalue weighted by Crippen LogP contribution is -2.45. The molecule has 1 aromatic carbocycles. The number of benzene rings is 1. The van der Waals surface area contributed by atoms with Gasteiger partial charge in [-0.2, -0.15) is 0 Å². The predicted octanol–water partition coefficient (Wildman–Crippen LogP) is 1.48. The SMILES string of the molecule is NCCN1C[C@]23CC[C@H](O2)[C@H](C(=O)NCc2ccc4sccc4c2)[C@@H]3C1=O. The molecule has 7 heteroatoms. The summed E-state index contributed by atoms with van der Waals surface area (Å²) in [5.41, 5.74) is 6.23. The lowest BCUT2D eigenvalue weighted by atomic mass is 9.73. The maximum Gasteiger partial charge on any atom is 0.229 e. The van der Waals surface area contributed by atoms with Crippen LogP contribution in [0.2, 0.25) is 0 Å². The van der Waals surface area contributed by atoms with Crippen LogP contribution >= 0.6 is 11.3 Å². The fraction of sp³-hybridized carbons (Fsp3) is 0.500. The number of rotatable bonds is 5. The Balaban J connectivity index is 1.32. The van der Waals surface area contributed by atoms with Crippen molar-refractivity contribution >= 4 is 33.2 Å². The number of amides is 2. The van der Waals surface area contributed by atoms with Crippen LogP contribution in [-0.2, 0) is 20.9 Å². The number of nitrogens with zero attached hydrogens (tertiary/aromatic N) is 1. The lowest BCUT2D eigenvalue weighted by molar-refractivity contribution is -0.138. The van der Waals surface area contributed by atoms with Crippen LogP contribution in [0, 0.1) is 11.8 Å². The van der Waals surface area contributed by atoms with E-state index in [2.05, 4.69) is 28.9 Å². The second kappa shape index (κ2) is 6.29. The molecule has 2 amide bonds. The summed E-state index contributed by atoms with van der Waals surface area (Å²) in [7, 11) is 0. The molecule has 1 spiro atoms. The van der Waals surface area contributed by atoms with E-state index < -0.39 is 5.60 Å². The van der Waals surface area contributed by atoms with Crippen molar-refractivity contribution in [1.29, 1.82) is 0 Å². The van der Waals surface area contributed by atoms with Crippen molar-refractivity contribution in [3.05, 3.63) is 35.2 Å². The normalized spacial score (nSPS) is 31.7. The van der Waals surface area contributed by atoms with E-state index >= 15 is 0 Å². The van der Waals surface area contributed by atoms with E-state index in [0.29, 0.717) is 26.2 Å². The van der Waals surface area contributed by atoms with E-state index in [1.807, 2.05) is 6.07 Å². The minimum atomic E-state index is -0.478. The third-order valence-corrected chi connectivity index (χ3v) is 7.18. The van der Waals surface area contributed by atoms with Crippen LogP contribution in [-0.4, -0.2) is 48.1 Å². The summed E-state index contributed by atoms with van der Waals surface area (Å²) in [5.74, 6) is -0.788. The first kappa shape index (κ1) is 17.2. The quantitative estimate of drug-likeness (QED) is 0.817. The van der Waals surface area contributed by atoms with Crippen molar-refractivity contribution in [1.82, 2.24) is 10.2 Å². The van der Waals surface area contributed by atoms with Crippen molar-refractivity contribution in [2.24, 2.45) is 17.6 Å². The topological polar surface area (TPSA) is 84.7 Å². The molecular weight excluding hydrogens is 362 g/mol. The Morgan fingerprint density at radius 2 is 2.30 bits per heavy atom. The van der Waals surface area contributed by atoms with Crippen LogP contribution in [0.15, 0.2) is 29.6 Å². The maximum absolute atomic E-state index is 13.0. The van der Waals surface area contributed by atoms with Crippen LogP contribution in [0.5, 0.6) is 0 Å². The van der Waals surface area contributed by atoms with Crippen molar-refractivity contribution in [2.45, 2.75) is 31.1 Å². The van der Waals surface area contributed by atoms with Gasteiger partial charge >= 0.3 is 0 Å². The maximum atomic E-state index is 13.0. The van der Waals surface area contributed by atoms with Gasteiger partial charge in [-0.1, -0.05) is 6.07 Å². The van der Waals surface area contributed by atoms with Gasteiger partial charge in [-0.15, -0.1) is 11.3 Å². The molecule has 3 saturated heterocycles. The third kappa shape index (κ3) is 2.60. The molecule has 142 valence electrons. The predicted molar refractivity (Wildman–Crippen MR) is 103 cm³/mol. The Labute approximate surface area is 161 Å². The molecule has 0 unspecified atom stereocenters. The average Bonchev–Trinajstić information content (AvgIpc) is 3.41. The van der Waals surface area contributed by atoms with Gasteiger partial charge < -0.3 is 20.7 Å². The van der Waals surface area contributed by atoms with Gasteiger partial charge in [0.15, 0.2) is 0 Å². The highest BCUT2D eigenvalue weighted by molar-refractivity contribution is 7.17. The zero-order valence-electron chi connectivity index (χ0n) is 15.0. The average molecular weight is 385 g/mol. The fourth-order valence-electron chi connectivity index (χ4n) is 5.12. The van der Waals surface area contributed by atoms with Gasteiger partial charge in [0, 0.05) is 24.3 Å². The van der Waals surface area contributed by atoms with Gasteiger partial charge in [-0.25, -0.2) is 0 Å². The summed E-state index contributed by atoms with van der Waals surface area (Å²) in [6.07, 6.45) is 1.56. The zero-order chi connectivity index (χ0) is 18.6. The first-order valence-electron chi connectivity index (χ1n) is 9.52. The Morgan fingerprint density at radius 1 is 1.41 bits per heavy atom. The van der Waals surface area contributed by atoms with Crippen molar-refractivity contribution in [3.8, 4) is 0 Å². The van der Waals surface area contributed by atoms with Crippen LogP contribution in [0.1, 0.15) is 18.4 Å². The highest BCUT2D eigenvalue weighted by Gasteiger charge is 2.68. The van der Waals surface area contributed by atoms with E-state index in [9.17, 15) is 9.59 Å². The largest absolute Gasteiger partial charge is 0.368 e. The van der Waals surface area contributed by atoms with E-state index in [4.69, 9.17) is 10.5 Å². The molecular formula is C20H23N3O3S. The molecule has 27 heavy (non-hydrogen) atoms. The first-order chi connectivity index (χ1) is 13.1. The van der Waals surface area contributed by atoms with Gasteiger partial charge in [-0.3, -0.25) is 9.59 Å². The summed E-state index contributed by atoms with van der Waals surface area (Å²) >= 11 is 1.71. The highest BCUT2D eigenvalue weighted by Crippen LogP contribution is 2.55. The third-order valence-electron chi connectivity index (χ3n) is 6.29. The van der Waals surface area contributed by atoms with Gasteiger partial charge in [0.1, 0.15) is 0 Å². The molecule has 3 N–H and O–H groups in total. The number of hydrogen-bond acceptors (Lipinski definition) is 5. The number of thiophene rings is 1. The Hall–Kier alpha value is -1.96.